The Morgan fingerprint density at radius 1 is 1.19 bits per heavy atom. The predicted molar refractivity (Wildman–Crippen MR) is 85.2 cm³/mol. The summed E-state index contributed by atoms with van der Waals surface area (Å²) in [6.07, 6.45) is 7.79. The lowest BCUT2D eigenvalue weighted by Crippen LogP contribution is -2.51. The van der Waals surface area contributed by atoms with Crippen LogP contribution in [0.3, 0.4) is 0 Å². The minimum absolute atomic E-state index is 0.207. The predicted octanol–water partition coefficient (Wildman–Crippen LogP) is 2.66. The maximum absolute atomic E-state index is 12.1. The summed E-state index contributed by atoms with van der Waals surface area (Å²) in [6, 6.07) is -0.381. The number of hydrogen-bond donors (Lipinski definition) is 2. The highest BCUT2D eigenvalue weighted by Gasteiger charge is 2.22. The lowest BCUT2D eigenvalue weighted by molar-refractivity contribution is -0.124. The maximum atomic E-state index is 12.1. The summed E-state index contributed by atoms with van der Waals surface area (Å²) >= 11 is 0. The molecule has 0 heterocycles. The van der Waals surface area contributed by atoms with Crippen LogP contribution in [0, 0.1) is 0 Å². The smallest absolute Gasteiger partial charge is 0.321 e. The number of urea groups is 1. The summed E-state index contributed by atoms with van der Waals surface area (Å²) in [5.41, 5.74) is 0. The average Bonchev–Trinajstić information content (AvgIpc) is 2.48. The molecule has 1 unspecified atom stereocenters. The van der Waals surface area contributed by atoms with E-state index >= 15 is 0 Å². The van der Waals surface area contributed by atoms with Gasteiger partial charge in [-0.3, -0.25) is 15.0 Å². The van der Waals surface area contributed by atoms with Gasteiger partial charge in [0.15, 0.2) is 0 Å². The van der Waals surface area contributed by atoms with Crippen molar-refractivity contribution in [3.8, 4) is 0 Å². The molecule has 5 heteroatoms. The fourth-order valence-corrected chi connectivity index (χ4v) is 2.84. The van der Waals surface area contributed by atoms with Crippen LogP contribution in [-0.4, -0.2) is 42.0 Å². The van der Waals surface area contributed by atoms with E-state index in [4.69, 9.17) is 0 Å². The minimum atomic E-state index is -0.342. The van der Waals surface area contributed by atoms with Gasteiger partial charge in [-0.05, 0) is 39.3 Å². The Bertz CT molecular complexity index is 327. The van der Waals surface area contributed by atoms with Crippen LogP contribution in [0.5, 0.6) is 0 Å². The molecule has 0 aliphatic heterocycles. The molecule has 1 saturated carbocycles. The van der Waals surface area contributed by atoms with E-state index in [1.54, 1.807) is 0 Å². The van der Waals surface area contributed by atoms with Crippen molar-refractivity contribution < 1.29 is 9.59 Å². The number of rotatable bonds is 7. The molecule has 0 radical (unpaired) electrons. The molecule has 1 atom stereocenters. The molecule has 0 bridgehead atoms. The molecule has 1 aliphatic rings. The number of carbonyl (C=O) groups excluding carboxylic acids is 2. The quantitative estimate of drug-likeness (QED) is 0.759. The number of carbonyl (C=O) groups is 2. The zero-order chi connectivity index (χ0) is 15.7. The Morgan fingerprint density at radius 2 is 1.86 bits per heavy atom. The molecule has 122 valence electrons. The van der Waals surface area contributed by atoms with Crippen LogP contribution in [0.15, 0.2) is 0 Å². The van der Waals surface area contributed by atoms with Crippen LogP contribution < -0.4 is 10.6 Å². The van der Waals surface area contributed by atoms with Crippen LogP contribution >= 0.6 is 0 Å². The van der Waals surface area contributed by atoms with E-state index in [2.05, 4.69) is 22.5 Å². The van der Waals surface area contributed by atoms with Crippen LogP contribution in [0.25, 0.3) is 0 Å². The summed E-state index contributed by atoms with van der Waals surface area (Å²) in [7, 11) is 0. The summed E-state index contributed by atoms with van der Waals surface area (Å²) < 4.78 is 0. The summed E-state index contributed by atoms with van der Waals surface area (Å²) in [5.74, 6) is -0.207. The number of imide groups is 1. The van der Waals surface area contributed by atoms with E-state index in [-0.39, 0.29) is 24.0 Å². The third kappa shape index (κ3) is 6.46. The number of nitrogens with zero attached hydrogens (tertiary/aromatic N) is 1. The first-order chi connectivity index (χ1) is 10.1. The Labute approximate surface area is 128 Å². The lowest BCUT2D eigenvalue weighted by Gasteiger charge is -2.27. The van der Waals surface area contributed by atoms with Crippen molar-refractivity contribution in [2.24, 2.45) is 0 Å². The summed E-state index contributed by atoms with van der Waals surface area (Å²) in [4.78, 5) is 26.1. The highest BCUT2D eigenvalue weighted by atomic mass is 16.2. The first-order valence-corrected chi connectivity index (χ1v) is 8.43. The highest BCUT2D eigenvalue weighted by molar-refractivity contribution is 5.96. The van der Waals surface area contributed by atoms with Gasteiger partial charge in [-0.1, -0.05) is 39.5 Å². The van der Waals surface area contributed by atoms with Crippen molar-refractivity contribution in [2.45, 2.75) is 77.8 Å². The molecular formula is C16H31N3O2. The Morgan fingerprint density at radius 3 is 2.43 bits per heavy atom. The van der Waals surface area contributed by atoms with E-state index in [0.29, 0.717) is 0 Å². The van der Waals surface area contributed by atoms with Crippen LogP contribution in [0.1, 0.15) is 65.7 Å². The molecule has 2 N–H and O–H groups in total. The molecule has 0 aromatic rings. The molecule has 0 saturated heterocycles. The third-order valence-corrected chi connectivity index (χ3v) is 4.31. The number of amides is 3. The van der Waals surface area contributed by atoms with Crippen molar-refractivity contribution in [3.63, 3.8) is 0 Å². The number of unbranched alkanes of at least 4 members (excludes halogenated alkanes) is 1. The maximum Gasteiger partial charge on any atom is 0.321 e. The lowest BCUT2D eigenvalue weighted by atomic mass is 9.96. The monoisotopic (exact) mass is 297 g/mol. The molecule has 1 fully saturated rings. The van der Waals surface area contributed by atoms with Gasteiger partial charge in [0.05, 0.1) is 6.04 Å². The van der Waals surface area contributed by atoms with Gasteiger partial charge < -0.3 is 5.32 Å². The van der Waals surface area contributed by atoms with Crippen molar-refractivity contribution >= 4 is 11.9 Å². The van der Waals surface area contributed by atoms with Crippen LogP contribution in [0.4, 0.5) is 4.79 Å². The largest absolute Gasteiger partial charge is 0.335 e. The van der Waals surface area contributed by atoms with Gasteiger partial charge in [0.2, 0.25) is 5.91 Å². The van der Waals surface area contributed by atoms with Crippen molar-refractivity contribution in [1.29, 1.82) is 0 Å². The Kier molecular flexibility index (Phi) is 8.35. The van der Waals surface area contributed by atoms with Gasteiger partial charge in [0, 0.05) is 6.04 Å². The van der Waals surface area contributed by atoms with E-state index in [0.717, 1.165) is 51.6 Å². The molecule has 1 aliphatic carbocycles. The number of likely N-dealkylation sites (N-methyl/N-ethyl adjacent to an activating group) is 1. The van der Waals surface area contributed by atoms with Crippen molar-refractivity contribution in [2.75, 3.05) is 13.1 Å². The van der Waals surface area contributed by atoms with Gasteiger partial charge >= 0.3 is 6.03 Å². The number of nitrogens with one attached hydrogen (secondary N) is 2. The van der Waals surface area contributed by atoms with Gasteiger partial charge in [-0.15, -0.1) is 0 Å². The highest BCUT2D eigenvalue weighted by Crippen LogP contribution is 2.17. The fourth-order valence-electron chi connectivity index (χ4n) is 2.84. The Balaban J connectivity index is 2.37. The third-order valence-electron chi connectivity index (χ3n) is 4.31. The molecule has 0 aromatic heterocycles. The molecule has 1 rings (SSSR count). The molecule has 5 nitrogen and oxygen atoms in total. The first kappa shape index (κ1) is 18.0. The fraction of sp³-hybridized carbons (Fsp3) is 0.875. The van der Waals surface area contributed by atoms with E-state index in [1.807, 2.05) is 13.8 Å². The summed E-state index contributed by atoms with van der Waals surface area (Å²) in [5, 5.41) is 5.40. The molecular weight excluding hydrogens is 266 g/mol. The van der Waals surface area contributed by atoms with Crippen LogP contribution in [0.2, 0.25) is 0 Å². The summed E-state index contributed by atoms with van der Waals surface area (Å²) in [6.45, 7) is 7.75. The standard InChI is InChI=1S/C16H31N3O2/c1-4-6-12-19(5-2)13(3)15(20)18-16(21)17-14-10-8-7-9-11-14/h13-14H,4-12H2,1-3H3,(H2,17,18,20,21). The second-order valence-corrected chi connectivity index (χ2v) is 5.96. The molecule has 0 aromatic carbocycles. The first-order valence-electron chi connectivity index (χ1n) is 8.43. The molecule has 3 amide bonds. The molecule has 0 spiro atoms. The van der Waals surface area contributed by atoms with Gasteiger partial charge in [0.1, 0.15) is 0 Å². The zero-order valence-electron chi connectivity index (χ0n) is 13.8. The molecule has 21 heavy (non-hydrogen) atoms. The van der Waals surface area contributed by atoms with Gasteiger partial charge in [-0.2, -0.15) is 0 Å². The van der Waals surface area contributed by atoms with E-state index in [9.17, 15) is 9.59 Å². The SMILES string of the molecule is CCCCN(CC)C(C)C(=O)NC(=O)NC1CCCCC1. The zero-order valence-corrected chi connectivity index (χ0v) is 13.8. The normalized spacial score (nSPS) is 17.5. The Hall–Kier alpha value is -1.10. The second kappa shape index (κ2) is 9.77. The van der Waals surface area contributed by atoms with E-state index < -0.39 is 0 Å². The average molecular weight is 297 g/mol. The van der Waals surface area contributed by atoms with Crippen LogP contribution in [-0.2, 0) is 4.79 Å². The van der Waals surface area contributed by atoms with Crippen molar-refractivity contribution in [1.82, 2.24) is 15.5 Å². The number of hydrogen-bond acceptors (Lipinski definition) is 3. The second-order valence-electron chi connectivity index (χ2n) is 5.96. The topological polar surface area (TPSA) is 61.4 Å². The minimum Gasteiger partial charge on any atom is -0.335 e. The van der Waals surface area contributed by atoms with E-state index in [1.165, 1.54) is 6.42 Å². The van der Waals surface area contributed by atoms with Gasteiger partial charge in [0.25, 0.3) is 0 Å². The van der Waals surface area contributed by atoms with Crippen molar-refractivity contribution in [3.05, 3.63) is 0 Å². The van der Waals surface area contributed by atoms with Gasteiger partial charge in [-0.25, -0.2) is 4.79 Å².